The number of ether oxygens (including phenoxy) is 2. The van der Waals surface area contributed by atoms with Crippen LogP contribution in [0.25, 0.3) is 10.9 Å². The van der Waals surface area contributed by atoms with Crippen LogP contribution in [0.4, 0.5) is 0 Å². The highest BCUT2D eigenvalue weighted by Crippen LogP contribution is 2.20. The van der Waals surface area contributed by atoms with Crippen LogP contribution in [-0.4, -0.2) is 10.8 Å². The molecule has 7 nitrogen and oxygen atoms in total. The number of fused-ring (bicyclic) bond motifs is 1. The highest BCUT2D eigenvalue weighted by molar-refractivity contribution is 5.96. The number of nitrogens with two attached hydrogens (primary N) is 1. The van der Waals surface area contributed by atoms with E-state index in [4.69, 9.17) is 20.7 Å². The molecule has 4 aromatic rings. The van der Waals surface area contributed by atoms with Gasteiger partial charge < -0.3 is 15.3 Å². The zero-order chi connectivity index (χ0) is 21.5. The quantitative estimate of drug-likeness (QED) is 0.146. The molecule has 1 heterocycles. The molecule has 0 saturated heterocycles. The van der Waals surface area contributed by atoms with E-state index >= 15 is 0 Å². The lowest BCUT2D eigenvalue weighted by Crippen LogP contribution is -2.00. The summed E-state index contributed by atoms with van der Waals surface area (Å²) in [6.07, 6.45) is 0. The Labute approximate surface area is 179 Å². The van der Waals surface area contributed by atoms with Gasteiger partial charge in [0.05, 0.1) is 11.2 Å². The number of hydrogen-bond donors (Lipinski definition) is 2. The van der Waals surface area contributed by atoms with Gasteiger partial charge >= 0.3 is 0 Å². The van der Waals surface area contributed by atoms with Crippen LogP contribution in [-0.2, 0) is 13.2 Å². The number of amidine groups is 1. The molecule has 0 aliphatic carbocycles. The maximum atomic E-state index is 7.79. The molecule has 0 saturated carbocycles. The molecular formula is C24H21N5O2. The van der Waals surface area contributed by atoms with Gasteiger partial charge in [-0.3, -0.25) is 5.41 Å². The van der Waals surface area contributed by atoms with Crippen LogP contribution >= 0.6 is 0 Å². The minimum atomic E-state index is 0.00625. The number of hydrogen-bond acceptors (Lipinski definition) is 5. The van der Waals surface area contributed by atoms with E-state index in [0.29, 0.717) is 18.8 Å². The summed E-state index contributed by atoms with van der Waals surface area (Å²) in [5.41, 5.74) is 3.37. The second-order valence-corrected chi connectivity index (χ2v) is 6.81. The third-order valence-electron chi connectivity index (χ3n) is 4.63. The highest BCUT2D eigenvalue weighted by atomic mass is 16.5. The molecular weight excluding hydrogens is 390 g/mol. The van der Waals surface area contributed by atoms with E-state index in [2.05, 4.69) is 15.3 Å². The van der Waals surface area contributed by atoms with Gasteiger partial charge in [-0.1, -0.05) is 47.7 Å². The number of nitrogens with zero attached hydrogens (tertiary/aromatic N) is 3. The molecule has 0 radical (unpaired) electrons. The van der Waals surface area contributed by atoms with E-state index in [9.17, 15) is 0 Å². The Bertz CT molecular complexity index is 1220. The summed E-state index contributed by atoms with van der Waals surface area (Å²) in [7, 11) is 0. The average molecular weight is 411 g/mol. The van der Waals surface area contributed by atoms with Crippen LogP contribution in [0.2, 0.25) is 0 Å². The molecule has 0 amide bonds. The molecule has 0 aliphatic rings. The molecule has 0 aliphatic heterocycles. The summed E-state index contributed by atoms with van der Waals surface area (Å²) in [5.74, 6) is 6.47. The summed E-state index contributed by atoms with van der Waals surface area (Å²) in [5, 5.41) is 15.6. The lowest BCUT2D eigenvalue weighted by Gasteiger charge is -2.10. The van der Waals surface area contributed by atoms with Gasteiger partial charge in [0.25, 0.3) is 0 Å². The predicted octanol–water partition coefficient (Wildman–Crippen LogP) is 5.04. The SMILES string of the molecule is N=C(N=NN)c1cccc(COc2ccc(OCc3ccc4ccccc4n3)cc2)c1. The molecule has 7 heteroatoms. The Kier molecular flexibility index (Phi) is 6.13. The number of para-hydroxylation sites is 1. The Balaban J connectivity index is 1.33. The third-order valence-corrected chi connectivity index (χ3v) is 4.63. The number of benzene rings is 3. The fraction of sp³-hybridized carbons (Fsp3) is 0.0833. The summed E-state index contributed by atoms with van der Waals surface area (Å²) >= 11 is 0. The van der Waals surface area contributed by atoms with E-state index in [-0.39, 0.29) is 5.84 Å². The molecule has 0 bridgehead atoms. The lowest BCUT2D eigenvalue weighted by molar-refractivity contribution is 0.295. The van der Waals surface area contributed by atoms with Crippen LogP contribution in [0, 0.1) is 5.41 Å². The first kappa shape index (κ1) is 20.0. The number of nitrogens with one attached hydrogen (secondary N) is 1. The van der Waals surface area contributed by atoms with Crippen LogP contribution < -0.4 is 15.3 Å². The second-order valence-electron chi connectivity index (χ2n) is 6.81. The van der Waals surface area contributed by atoms with Gasteiger partial charge in [0.2, 0.25) is 0 Å². The maximum Gasteiger partial charge on any atom is 0.176 e. The van der Waals surface area contributed by atoms with E-state index in [1.807, 2.05) is 78.9 Å². The fourth-order valence-electron chi connectivity index (χ4n) is 3.07. The van der Waals surface area contributed by atoms with E-state index in [0.717, 1.165) is 33.7 Å². The lowest BCUT2D eigenvalue weighted by atomic mass is 10.1. The molecule has 3 N–H and O–H groups in total. The van der Waals surface area contributed by atoms with Crippen LogP contribution in [0.3, 0.4) is 0 Å². The molecule has 4 rings (SSSR count). The minimum Gasteiger partial charge on any atom is -0.489 e. The average Bonchev–Trinajstić information content (AvgIpc) is 2.82. The first-order valence-corrected chi connectivity index (χ1v) is 9.70. The first-order chi connectivity index (χ1) is 15.2. The third kappa shape index (κ3) is 5.22. The van der Waals surface area contributed by atoms with Crippen molar-refractivity contribution in [1.29, 1.82) is 5.41 Å². The number of pyridine rings is 1. The van der Waals surface area contributed by atoms with Crippen molar-refractivity contribution in [3.8, 4) is 11.5 Å². The first-order valence-electron chi connectivity index (χ1n) is 9.70. The van der Waals surface area contributed by atoms with Gasteiger partial charge in [-0.25, -0.2) is 4.98 Å². The van der Waals surface area contributed by atoms with Gasteiger partial charge in [0.1, 0.15) is 24.7 Å². The van der Waals surface area contributed by atoms with Crippen molar-refractivity contribution in [1.82, 2.24) is 4.98 Å². The summed E-state index contributed by atoms with van der Waals surface area (Å²) in [6.45, 7) is 0.756. The molecule has 3 aromatic carbocycles. The van der Waals surface area contributed by atoms with Gasteiger partial charge in [0.15, 0.2) is 5.84 Å². The minimum absolute atomic E-state index is 0.00625. The molecule has 31 heavy (non-hydrogen) atoms. The normalized spacial score (nSPS) is 11.0. The Hall–Kier alpha value is -4.26. The van der Waals surface area contributed by atoms with Crippen LogP contribution in [0.5, 0.6) is 11.5 Å². The fourth-order valence-corrected chi connectivity index (χ4v) is 3.07. The monoisotopic (exact) mass is 411 g/mol. The second kappa shape index (κ2) is 9.49. The standard InChI is InChI=1S/C24H21N5O2/c25-24(28-29-26)19-6-3-4-17(14-19)15-30-21-10-12-22(13-11-21)31-16-20-9-8-18-5-1-2-7-23(18)27-20/h1-14H,15-16H2,(H3,25,26,28). The van der Waals surface area contributed by atoms with Crippen molar-refractivity contribution in [3.63, 3.8) is 0 Å². The van der Waals surface area contributed by atoms with Gasteiger partial charge in [-0.15, -0.1) is 5.11 Å². The molecule has 154 valence electrons. The van der Waals surface area contributed by atoms with E-state index in [1.54, 1.807) is 6.07 Å². The Morgan fingerprint density at radius 3 is 2.35 bits per heavy atom. The van der Waals surface area contributed by atoms with Gasteiger partial charge in [0, 0.05) is 10.9 Å². The largest absolute Gasteiger partial charge is 0.489 e. The molecule has 0 unspecified atom stereocenters. The smallest absolute Gasteiger partial charge is 0.176 e. The van der Waals surface area contributed by atoms with Crippen LogP contribution in [0.1, 0.15) is 16.8 Å². The molecule has 1 aromatic heterocycles. The van der Waals surface area contributed by atoms with Crippen molar-refractivity contribution in [2.75, 3.05) is 0 Å². The van der Waals surface area contributed by atoms with Crippen LogP contribution in [0.15, 0.2) is 95.3 Å². The summed E-state index contributed by atoms with van der Waals surface area (Å²) in [6, 6.07) is 26.8. The number of rotatable bonds is 7. The Morgan fingerprint density at radius 1 is 0.839 bits per heavy atom. The molecule has 0 spiro atoms. The topological polar surface area (TPSA) is 106 Å². The maximum absolute atomic E-state index is 7.79. The van der Waals surface area contributed by atoms with Crippen molar-refractivity contribution in [2.24, 2.45) is 16.2 Å². The van der Waals surface area contributed by atoms with E-state index < -0.39 is 0 Å². The van der Waals surface area contributed by atoms with Crippen molar-refractivity contribution < 1.29 is 9.47 Å². The predicted molar refractivity (Wildman–Crippen MR) is 119 cm³/mol. The highest BCUT2D eigenvalue weighted by Gasteiger charge is 2.04. The zero-order valence-corrected chi connectivity index (χ0v) is 16.7. The van der Waals surface area contributed by atoms with Crippen molar-refractivity contribution >= 4 is 16.7 Å². The van der Waals surface area contributed by atoms with Gasteiger partial charge in [-0.05, 0) is 48.0 Å². The van der Waals surface area contributed by atoms with Gasteiger partial charge in [-0.2, -0.15) is 0 Å². The van der Waals surface area contributed by atoms with Crippen molar-refractivity contribution in [3.05, 3.63) is 102 Å². The zero-order valence-electron chi connectivity index (χ0n) is 16.7. The number of aromatic nitrogens is 1. The Morgan fingerprint density at radius 2 is 1.58 bits per heavy atom. The summed E-state index contributed by atoms with van der Waals surface area (Å²) in [4.78, 5) is 4.62. The summed E-state index contributed by atoms with van der Waals surface area (Å²) < 4.78 is 11.7. The van der Waals surface area contributed by atoms with Crippen molar-refractivity contribution in [2.45, 2.75) is 13.2 Å². The van der Waals surface area contributed by atoms with E-state index in [1.165, 1.54) is 0 Å². The molecule has 0 fully saturated rings. The molecule has 0 atom stereocenters.